The van der Waals surface area contributed by atoms with Crippen LogP contribution in [-0.2, 0) is 5.88 Å². The van der Waals surface area contributed by atoms with Crippen molar-refractivity contribution < 1.29 is 13.9 Å². The van der Waals surface area contributed by atoms with Crippen LogP contribution in [0.5, 0.6) is 5.88 Å². The number of nitrogens with one attached hydrogen (secondary N) is 1. The summed E-state index contributed by atoms with van der Waals surface area (Å²) < 4.78 is 10.1. The van der Waals surface area contributed by atoms with Gasteiger partial charge < -0.3 is 14.5 Å². The fraction of sp³-hybridized carbons (Fsp3) is 0.118. The first-order valence-corrected chi connectivity index (χ1v) is 7.58. The molecule has 0 radical (unpaired) electrons. The van der Waals surface area contributed by atoms with Gasteiger partial charge in [0.05, 0.1) is 19.0 Å². The van der Waals surface area contributed by atoms with E-state index in [0.717, 1.165) is 5.56 Å². The van der Waals surface area contributed by atoms with E-state index in [1.807, 2.05) is 0 Å². The van der Waals surface area contributed by atoms with Crippen LogP contribution in [0.4, 0.5) is 5.69 Å². The minimum atomic E-state index is -0.708. The Kier molecular flexibility index (Phi) is 4.48. The Balaban J connectivity index is 1.93. The lowest BCUT2D eigenvalue weighted by Gasteiger charge is -2.06. The molecule has 0 saturated heterocycles. The molecule has 0 aliphatic rings. The molecule has 7 heteroatoms. The van der Waals surface area contributed by atoms with Crippen molar-refractivity contribution in [2.75, 3.05) is 12.4 Å². The first kappa shape index (κ1) is 16.0. The number of fused-ring (bicyclic) bond motifs is 1. The van der Waals surface area contributed by atoms with Gasteiger partial charge in [-0.1, -0.05) is 6.07 Å². The molecule has 0 spiro atoms. The number of methoxy groups -OCH3 is 1. The van der Waals surface area contributed by atoms with Crippen molar-refractivity contribution in [2.45, 2.75) is 5.88 Å². The molecule has 0 bridgehead atoms. The van der Waals surface area contributed by atoms with Crippen LogP contribution in [0, 0.1) is 0 Å². The molecule has 0 atom stereocenters. The van der Waals surface area contributed by atoms with E-state index in [0.29, 0.717) is 28.4 Å². The number of rotatable bonds is 4. The maximum absolute atomic E-state index is 12.3. The van der Waals surface area contributed by atoms with E-state index in [-0.39, 0.29) is 5.56 Å². The molecule has 1 amide bonds. The fourth-order valence-electron chi connectivity index (χ4n) is 2.19. The summed E-state index contributed by atoms with van der Waals surface area (Å²) in [6, 6.07) is 9.91. The van der Waals surface area contributed by atoms with Gasteiger partial charge in [-0.2, -0.15) is 0 Å². The van der Waals surface area contributed by atoms with Crippen molar-refractivity contribution in [1.29, 1.82) is 0 Å². The van der Waals surface area contributed by atoms with E-state index in [9.17, 15) is 9.59 Å². The second-order valence-electron chi connectivity index (χ2n) is 5.00. The van der Waals surface area contributed by atoms with Crippen molar-refractivity contribution in [1.82, 2.24) is 4.98 Å². The summed E-state index contributed by atoms with van der Waals surface area (Å²) in [6.45, 7) is 0. The molecule has 0 aliphatic heterocycles. The largest absolute Gasteiger partial charge is 0.481 e. The van der Waals surface area contributed by atoms with Gasteiger partial charge in [0.25, 0.3) is 5.91 Å². The van der Waals surface area contributed by atoms with E-state index in [2.05, 4.69) is 10.3 Å². The summed E-state index contributed by atoms with van der Waals surface area (Å²) in [5, 5.41) is 3.23. The molecule has 3 rings (SSSR count). The molecule has 2 heterocycles. The van der Waals surface area contributed by atoms with Crippen LogP contribution >= 0.6 is 11.6 Å². The van der Waals surface area contributed by atoms with Crippen molar-refractivity contribution in [3.63, 3.8) is 0 Å². The van der Waals surface area contributed by atoms with Gasteiger partial charge >= 0.3 is 5.63 Å². The number of aromatic nitrogens is 1. The monoisotopic (exact) mass is 344 g/mol. The molecular weight excluding hydrogens is 332 g/mol. The number of hydrogen-bond acceptors (Lipinski definition) is 5. The van der Waals surface area contributed by atoms with Crippen LogP contribution in [0.2, 0.25) is 0 Å². The first-order chi connectivity index (χ1) is 11.6. The predicted molar refractivity (Wildman–Crippen MR) is 90.8 cm³/mol. The second kappa shape index (κ2) is 6.72. The van der Waals surface area contributed by atoms with E-state index in [1.165, 1.54) is 19.4 Å². The third kappa shape index (κ3) is 3.23. The standard InChI is InChI=1S/C17H13ClN2O4/c1-23-15-5-3-12(9-19-15)20-16(21)13-7-11-6-10(8-18)2-4-14(11)24-17(13)22/h2-7,9H,8H2,1H3,(H,20,21). The fourth-order valence-corrected chi connectivity index (χ4v) is 2.35. The molecule has 0 unspecified atom stereocenters. The van der Waals surface area contributed by atoms with Crippen molar-refractivity contribution >= 4 is 34.2 Å². The molecule has 122 valence electrons. The number of halogens is 1. The van der Waals surface area contributed by atoms with Gasteiger partial charge in [0.1, 0.15) is 11.1 Å². The number of amides is 1. The van der Waals surface area contributed by atoms with Gasteiger partial charge in [0.2, 0.25) is 5.88 Å². The highest BCUT2D eigenvalue weighted by Crippen LogP contribution is 2.18. The molecule has 0 aliphatic carbocycles. The maximum atomic E-state index is 12.3. The van der Waals surface area contributed by atoms with E-state index >= 15 is 0 Å². The summed E-state index contributed by atoms with van der Waals surface area (Å²) >= 11 is 5.80. The zero-order valence-electron chi connectivity index (χ0n) is 12.7. The van der Waals surface area contributed by atoms with Crippen LogP contribution < -0.4 is 15.7 Å². The minimum Gasteiger partial charge on any atom is -0.481 e. The molecule has 1 aromatic carbocycles. The predicted octanol–water partition coefficient (Wildman–Crippen LogP) is 3.19. The summed E-state index contributed by atoms with van der Waals surface area (Å²) in [5.41, 5.74) is 0.903. The van der Waals surface area contributed by atoms with Gasteiger partial charge in [-0.3, -0.25) is 4.79 Å². The number of hydrogen-bond donors (Lipinski definition) is 1. The SMILES string of the molecule is COc1ccc(NC(=O)c2cc3cc(CCl)ccc3oc2=O)cn1. The van der Waals surface area contributed by atoms with Crippen LogP contribution in [0.3, 0.4) is 0 Å². The zero-order chi connectivity index (χ0) is 17.1. The highest BCUT2D eigenvalue weighted by molar-refractivity contribution is 6.17. The molecule has 0 fully saturated rings. The lowest BCUT2D eigenvalue weighted by atomic mass is 10.1. The van der Waals surface area contributed by atoms with Crippen LogP contribution in [0.15, 0.2) is 51.8 Å². The normalized spacial score (nSPS) is 10.6. The summed E-state index contributed by atoms with van der Waals surface area (Å²) in [6.07, 6.45) is 1.44. The van der Waals surface area contributed by atoms with Crippen LogP contribution in [0.1, 0.15) is 15.9 Å². The van der Waals surface area contributed by atoms with Crippen molar-refractivity contribution in [3.05, 3.63) is 64.1 Å². The Labute approximate surface area is 142 Å². The Morgan fingerprint density at radius 3 is 2.79 bits per heavy atom. The number of anilines is 1. The third-order valence-electron chi connectivity index (χ3n) is 3.40. The molecular formula is C17H13ClN2O4. The van der Waals surface area contributed by atoms with Crippen LogP contribution in [-0.4, -0.2) is 18.0 Å². The number of benzene rings is 1. The average molecular weight is 345 g/mol. The molecule has 0 saturated carbocycles. The van der Waals surface area contributed by atoms with Gasteiger partial charge in [-0.15, -0.1) is 11.6 Å². The summed E-state index contributed by atoms with van der Waals surface area (Å²) in [4.78, 5) is 28.3. The maximum Gasteiger partial charge on any atom is 0.349 e. The topological polar surface area (TPSA) is 81.4 Å². The second-order valence-corrected chi connectivity index (χ2v) is 5.26. The minimum absolute atomic E-state index is 0.0926. The Morgan fingerprint density at radius 1 is 1.29 bits per heavy atom. The molecule has 2 aromatic heterocycles. The smallest absolute Gasteiger partial charge is 0.349 e. The van der Waals surface area contributed by atoms with E-state index in [4.69, 9.17) is 20.8 Å². The Bertz CT molecular complexity index is 951. The number of ether oxygens (including phenoxy) is 1. The van der Waals surface area contributed by atoms with Gasteiger partial charge in [-0.05, 0) is 29.8 Å². The molecule has 24 heavy (non-hydrogen) atoms. The first-order valence-electron chi connectivity index (χ1n) is 7.05. The number of carbonyl (C=O) groups is 1. The van der Waals surface area contributed by atoms with Gasteiger partial charge in [0.15, 0.2) is 0 Å². The van der Waals surface area contributed by atoms with E-state index in [1.54, 1.807) is 30.3 Å². The Hall–Kier alpha value is -2.86. The van der Waals surface area contributed by atoms with Crippen molar-refractivity contribution in [3.8, 4) is 5.88 Å². The lowest BCUT2D eigenvalue weighted by Crippen LogP contribution is -2.20. The zero-order valence-corrected chi connectivity index (χ0v) is 13.5. The van der Waals surface area contributed by atoms with E-state index < -0.39 is 11.5 Å². The highest BCUT2D eigenvalue weighted by atomic mass is 35.5. The summed E-state index contributed by atoms with van der Waals surface area (Å²) in [5.74, 6) is 0.175. The molecule has 6 nitrogen and oxygen atoms in total. The highest BCUT2D eigenvalue weighted by Gasteiger charge is 2.14. The molecule has 3 aromatic rings. The number of nitrogens with zero attached hydrogens (tertiary/aromatic N) is 1. The number of carbonyl (C=O) groups excluding carboxylic acids is 1. The van der Waals surface area contributed by atoms with Crippen LogP contribution in [0.25, 0.3) is 11.0 Å². The van der Waals surface area contributed by atoms with Gasteiger partial charge in [0, 0.05) is 17.3 Å². The third-order valence-corrected chi connectivity index (χ3v) is 3.71. The number of pyridine rings is 1. The summed E-state index contributed by atoms with van der Waals surface area (Å²) in [7, 11) is 1.50. The van der Waals surface area contributed by atoms with Gasteiger partial charge in [-0.25, -0.2) is 9.78 Å². The molecule has 1 N–H and O–H groups in total. The average Bonchev–Trinajstić information content (AvgIpc) is 2.61. The Morgan fingerprint density at radius 2 is 2.12 bits per heavy atom. The lowest BCUT2D eigenvalue weighted by molar-refractivity contribution is 0.102. The number of alkyl halides is 1. The quantitative estimate of drug-likeness (QED) is 0.580. The van der Waals surface area contributed by atoms with Crippen molar-refractivity contribution in [2.24, 2.45) is 0 Å².